The molecule has 0 saturated heterocycles. The van der Waals surface area contributed by atoms with Crippen LogP contribution < -0.4 is 10.6 Å². The van der Waals surface area contributed by atoms with Crippen LogP contribution in [0.3, 0.4) is 0 Å². The predicted octanol–water partition coefficient (Wildman–Crippen LogP) is 2.79. The Balaban J connectivity index is 1.67. The summed E-state index contributed by atoms with van der Waals surface area (Å²) in [5, 5.41) is 22.0. The van der Waals surface area contributed by atoms with Crippen molar-refractivity contribution >= 4 is 23.7 Å². The zero-order valence-corrected chi connectivity index (χ0v) is 15.1. The molecule has 27 heavy (non-hydrogen) atoms. The van der Waals surface area contributed by atoms with E-state index in [1.54, 1.807) is 13.0 Å². The average molecular weight is 361 g/mol. The van der Waals surface area contributed by atoms with Crippen molar-refractivity contribution in [2.75, 3.05) is 10.6 Å². The highest BCUT2D eigenvalue weighted by Crippen LogP contribution is 2.19. The second-order valence-electron chi connectivity index (χ2n) is 6.10. The van der Waals surface area contributed by atoms with E-state index >= 15 is 0 Å². The lowest BCUT2D eigenvalue weighted by molar-refractivity contribution is -0.105. The van der Waals surface area contributed by atoms with E-state index in [1.165, 1.54) is 5.56 Å². The van der Waals surface area contributed by atoms with Crippen molar-refractivity contribution in [2.45, 2.75) is 26.7 Å². The molecule has 0 atom stereocenters. The fourth-order valence-corrected chi connectivity index (χ4v) is 2.74. The molecule has 8 heteroatoms. The van der Waals surface area contributed by atoms with Crippen LogP contribution in [-0.4, -0.2) is 26.6 Å². The first-order valence-corrected chi connectivity index (χ1v) is 8.44. The summed E-state index contributed by atoms with van der Waals surface area (Å²) in [6.07, 6.45) is 2.26. The summed E-state index contributed by atoms with van der Waals surface area (Å²) in [5.41, 5.74) is 4.39. The quantitative estimate of drug-likeness (QED) is 0.557. The van der Waals surface area contributed by atoms with Gasteiger partial charge >= 0.3 is 0 Å². The summed E-state index contributed by atoms with van der Waals surface area (Å²) in [4.78, 5) is 18.9. The Labute approximate surface area is 156 Å². The van der Waals surface area contributed by atoms with Crippen molar-refractivity contribution in [1.29, 1.82) is 5.26 Å². The van der Waals surface area contributed by atoms with Crippen molar-refractivity contribution in [1.82, 2.24) is 20.2 Å². The molecule has 2 aromatic heterocycles. The van der Waals surface area contributed by atoms with Gasteiger partial charge in [0.25, 0.3) is 0 Å². The third kappa shape index (κ3) is 4.67. The SMILES string of the molecule is Cc1nc(C#N)cc(Nc2cc(CCc3cc(NC=O)ccc3C)[nH]n2)n1. The first kappa shape index (κ1) is 18.1. The van der Waals surface area contributed by atoms with Crippen LogP contribution in [0.4, 0.5) is 17.3 Å². The smallest absolute Gasteiger partial charge is 0.211 e. The van der Waals surface area contributed by atoms with Crippen molar-refractivity contribution in [3.8, 4) is 6.07 Å². The number of amides is 1. The molecule has 0 spiro atoms. The van der Waals surface area contributed by atoms with E-state index in [1.807, 2.05) is 37.3 Å². The van der Waals surface area contributed by atoms with Crippen LogP contribution in [0.5, 0.6) is 0 Å². The van der Waals surface area contributed by atoms with Gasteiger partial charge in [-0.15, -0.1) is 0 Å². The number of nitrogens with zero attached hydrogens (tertiary/aromatic N) is 4. The normalized spacial score (nSPS) is 10.3. The number of aromatic nitrogens is 4. The third-order valence-corrected chi connectivity index (χ3v) is 4.08. The van der Waals surface area contributed by atoms with E-state index in [0.29, 0.717) is 29.6 Å². The maximum absolute atomic E-state index is 10.6. The Morgan fingerprint density at radius 1 is 1.15 bits per heavy atom. The van der Waals surface area contributed by atoms with Gasteiger partial charge in [-0.2, -0.15) is 10.4 Å². The molecule has 0 fully saturated rings. The Morgan fingerprint density at radius 3 is 2.78 bits per heavy atom. The van der Waals surface area contributed by atoms with E-state index in [4.69, 9.17) is 5.26 Å². The third-order valence-electron chi connectivity index (χ3n) is 4.08. The summed E-state index contributed by atoms with van der Waals surface area (Å²) in [6.45, 7) is 3.78. The first-order chi connectivity index (χ1) is 13.1. The Kier molecular flexibility index (Phi) is 5.42. The largest absolute Gasteiger partial charge is 0.329 e. The van der Waals surface area contributed by atoms with Crippen molar-refractivity contribution in [2.24, 2.45) is 0 Å². The van der Waals surface area contributed by atoms with Crippen LogP contribution in [0.15, 0.2) is 30.3 Å². The maximum atomic E-state index is 10.6. The number of anilines is 3. The van der Waals surface area contributed by atoms with Crippen molar-refractivity contribution in [3.63, 3.8) is 0 Å². The minimum absolute atomic E-state index is 0.306. The second kappa shape index (κ2) is 8.10. The van der Waals surface area contributed by atoms with E-state index in [2.05, 4.69) is 30.8 Å². The number of carbonyl (C=O) groups excluding carboxylic acids is 1. The number of aryl methyl sites for hydroxylation is 4. The van der Waals surface area contributed by atoms with Gasteiger partial charge in [-0.05, 0) is 49.9 Å². The van der Waals surface area contributed by atoms with Gasteiger partial charge in [0.1, 0.15) is 23.4 Å². The second-order valence-corrected chi connectivity index (χ2v) is 6.10. The minimum atomic E-state index is 0.306. The van der Waals surface area contributed by atoms with E-state index in [9.17, 15) is 4.79 Å². The molecule has 0 bridgehead atoms. The summed E-state index contributed by atoms with van der Waals surface area (Å²) < 4.78 is 0. The van der Waals surface area contributed by atoms with E-state index in [0.717, 1.165) is 29.8 Å². The highest BCUT2D eigenvalue weighted by Gasteiger charge is 2.07. The van der Waals surface area contributed by atoms with Crippen molar-refractivity contribution in [3.05, 3.63) is 58.7 Å². The maximum Gasteiger partial charge on any atom is 0.211 e. The van der Waals surface area contributed by atoms with Gasteiger partial charge in [0.15, 0.2) is 5.82 Å². The van der Waals surface area contributed by atoms with Gasteiger partial charge in [-0.3, -0.25) is 9.89 Å². The van der Waals surface area contributed by atoms with Crippen LogP contribution >= 0.6 is 0 Å². The molecule has 3 aromatic rings. The van der Waals surface area contributed by atoms with Crippen LogP contribution in [0.2, 0.25) is 0 Å². The van der Waals surface area contributed by atoms with Crippen molar-refractivity contribution < 1.29 is 4.79 Å². The molecule has 0 unspecified atom stereocenters. The molecule has 2 heterocycles. The topological polar surface area (TPSA) is 119 Å². The number of benzene rings is 1. The van der Waals surface area contributed by atoms with Crippen LogP contribution in [0, 0.1) is 25.2 Å². The van der Waals surface area contributed by atoms with Gasteiger partial charge in [0.2, 0.25) is 6.41 Å². The summed E-state index contributed by atoms with van der Waals surface area (Å²) in [7, 11) is 0. The van der Waals surface area contributed by atoms with Gasteiger partial charge in [0, 0.05) is 23.5 Å². The molecular weight excluding hydrogens is 342 g/mol. The fourth-order valence-electron chi connectivity index (χ4n) is 2.74. The Hall–Kier alpha value is -3.73. The number of aromatic amines is 1. The average Bonchev–Trinajstić information content (AvgIpc) is 3.09. The molecule has 136 valence electrons. The zero-order valence-electron chi connectivity index (χ0n) is 15.1. The van der Waals surface area contributed by atoms with E-state index < -0.39 is 0 Å². The Bertz CT molecular complexity index is 1000. The van der Waals surface area contributed by atoms with Gasteiger partial charge in [0.05, 0.1) is 0 Å². The summed E-state index contributed by atoms with van der Waals surface area (Å²) in [6, 6.07) is 11.3. The molecule has 8 nitrogen and oxygen atoms in total. The number of rotatable bonds is 7. The lowest BCUT2D eigenvalue weighted by Gasteiger charge is -2.07. The summed E-state index contributed by atoms with van der Waals surface area (Å²) >= 11 is 0. The molecule has 1 aromatic carbocycles. The lowest BCUT2D eigenvalue weighted by Crippen LogP contribution is -1.99. The number of nitrogens with one attached hydrogen (secondary N) is 3. The zero-order chi connectivity index (χ0) is 19.2. The molecular formula is C19H19N7O. The lowest BCUT2D eigenvalue weighted by atomic mass is 10.0. The molecule has 3 N–H and O–H groups in total. The molecule has 0 radical (unpaired) electrons. The molecule has 0 aliphatic rings. The van der Waals surface area contributed by atoms with Gasteiger partial charge in [-0.25, -0.2) is 9.97 Å². The molecule has 0 saturated carbocycles. The minimum Gasteiger partial charge on any atom is -0.329 e. The van der Waals surface area contributed by atoms with Gasteiger partial charge in [-0.1, -0.05) is 6.07 Å². The monoisotopic (exact) mass is 361 g/mol. The molecule has 0 aliphatic carbocycles. The first-order valence-electron chi connectivity index (χ1n) is 8.44. The van der Waals surface area contributed by atoms with Gasteiger partial charge < -0.3 is 10.6 Å². The standard InChI is InChI=1S/C19H19N7O/c1-12-3-5-15(21-11-27)7-14(12)4-6-16-8-19(26-25-16)24-18-9-17(10-20)22-13(2)23-18/h3,5,7-9,11H,4,6H2,1-2H3,(H,21,27)(H2,22,23,24,25,26). The highest BCUT2D eigenvalue weighted by atomic mass is 16.1. The van der Waals surface area contributed by atoms with Crippen LogP contribution in [0.1, 0.15) is 28.3 Å². The highest BCUT2D eigenvalue weighted by molar-refractivity contribution is 5.71. The number of nitriles is 1. The fraction of sp³-hybridized carbons (Fsp3) is 0.211. The Morgan fingerprint density at radius 2 is 2.00 bits per heavy atom. The predicted molar refractivity (Wildman–Crippen MR) is 102 cm³/mol. The molecule has 0 aliphatic heterocycles. The number of hydrogen-bond donors (Lipinski definition) is 3. The summed E-state index contributed by atoms with van der Waals surface area (Å²) in [5.74, 6) is 1.67. The van der Waals surface area contributed by atoms with Crippen LogP contribution in [-0.2, 0) is 17.6 Å². The van der Waals surface area contributed by atoms with Crippen LogP contribution in [0.25, 0.3) is 0 Å². The van der Waals surface area contributed by atoms with E-state index in [-0.39, 0.29) is 0 Å². The molecule has 1 amide bonds. The molecule has 3 rings (SSSR count). The number of carbonyl (C=O) groups is 1. The number of H-pyrrole nitrogens is 1. The number of hydrogen-bond acceptors (Lipinski definition) is 6.